The Morgan fingerprint density at radius 3 is 2.73 bits per heavy atom. The summed E-state index contributed by atoms with van der Waals surface area (Å²) in [6.45, 7) is 7.43. The minimum absolute atomic E-state index is 0.145. The van der Waals surface area contributed by atoms with Gasteiger partial charge in [0.1, 0.15) is 0 Å². The molecule has 0 aliphatic rings. The average Bonchev–Trinajstić information content (AvgIpc) is 2.62. The molecular formula is C10H19N3OS. The highest BCUT2D eigenvalue weighted by Crippen LogP contribution is 2.21. The van der Waals surface area contributed by atoms with Crippen LogP contribution < -0.4 is 5.32 Å². The van der Waals surface area contributed by atoms with E-state index in [0.29, 0.717) is 6.04 Å². The Morgan fingerprint density at radius 1 is 1.53 bits per heavy atom. The third-order valence-electron chi connectivity index (χ3n) is 2.40. The van der Waals surface area contributed by atoms with Gasteiger partial charge in [-0.2, -0.15) is 0 Å². The zero-order valence-corrected chi connectivity index (χ0v) is 10.3. The zero-order chi connectivity index (χ0) is 11.3. The number of hydrogen-bond acceptors (Lipinski definition) is 5. The molecule has 0 spiro atoms. The van der Waals surface area contributed by atoms with E-state index in [0.717, 1.165) is 18.7 Å². The van der Waals surface area contributed by atoms with Crippen molar-refractivity contribution in [1.82, 2.24) is 14.9 Å². The summed E-state index contributed by atoms with van der Waals surface area (Å²) < 4.78 is 3.81. The monoisotopic (exact) mass is 229 g/mol. The van der Waals surface area contributed by atoms with Crippen LogP contribution in [0.1, 0.15) is 32.9 Å². The van der Waals surface area contributed by atoms with E-state index >= 15 is 0 Å². The van der Waals surface area contributed by atoms with Crippen LogP contribution in [-0.2, 0) is 6.54 Å². The Balaban J connectivity index is 2.45. The van der Waals surface area contributed by atoms with E-state index in [1.807, 2.05) is 5.38 Å². The van der Waals surface area contributed by atoms with Crippen molar-refractivity contribution in [2.24, 2.45) is 5.41 Å². The lowest BCUT2D eigenvalue weighted by atomic mass is 9.85. The summed E-state index contributed by atoms with van der Waals surface area (Å²) in [6.07, 6.45) is 0.765. The molecule has 0 fully saturated rings. The van der Waals surface area contributed by atoms with Crippen molar-refractivity contribution in [1.29, 1.82) is 0 Å². The molecule has 86 valence electrons. The van der Waals surface area contributed by atoms with Gasteiger partial charge in [-0.1, -0.05) is 25.3 Å². The van der Waals surface area contributed by atoms with Gasteiger partial charge in [-0.3, -0.25) is 0 Å². The maximum absolute atomic E-state index is 8.99. The molecule has 0 aromatic carbocycles. The molecule has 0 amide bonds. The van der Waals surface area contributed by atoms with Crippen LogP contribution in [0.3, 0.4) is 0 Å². The van der Waals surface area contributed by atoms with Gasteiger partial charge in [0.05, 0.1) is 5.69 Å². The maximum atomic E-state index is 8.99. The van der Waals surface area contributed by atoms with Crippen LogP contribution in [0.5, 0.6) is 0 Å². The molecule has 0 radical (unpaired) electrons. The molecule has 1 aromatic heterocycles. The lowest BCUT2D eigenvalue weighted by Gasteiger charge is -2.31. The first-order valence-electron chi connectivity index (χ1n) is 5.14. The van der Waals surface area contributed by atoms with Crippen molar-refractivity contribution in [3.05, 3.63) is 11.1 Å². The van der Waals surface area contributed by atoms with Crippen LogP contribution >= 0.6 is 11.5 Å². The SMILES string of the molecule is CC(C)(C)C(CCO)NCc1csnn1. The third-order valence-corrected chi connectivity index (χ3v) is 2.95. The molecule has 5 heteroatoms. The fraction of sp³-hybridized carbons (Fsp3) is 0.800. The predicted molar refractivity (Wildman–Crippen MR) is 61.7 cm³/mol. The summed E-state index contributed by atoms with van der Waals surface area (Å²) in [7, 11) is 0. The summed E-state index contributed by atoms with van der Waals surface area (Å²) in [4.78, 5) is 0. The first-order chi connectivity index (χ1) is 7.04. The van der Waals surface area contributed by atoms with E-state index in [2.05, 4.69) is 35.7 Å². The van der Waals surface area contributed by atoms with Gasteiger partial charge in [-0.15, -0.1) is 5.10 Å². The van der Waals surface area contributed by atoms with E-state index in [1.54, 1.807) is 0 Å². The normalized spacial score (nSPS) is 14.1. The first-order valence-corrected chi connectivity index (χ1v) is 5.98. The number of hydrogen-bond donors (Lipinski definition) is 2. The van der Waals surface area contributed by atoms with Crippen molar-refractivity contribution in [3.63, 3.8) is 0 Å². The van der Waals surface area contributed by atoms with E-state index in [4.69, 9.17) is 5.11 Å². The van der Waals surface area contributed by atoms with Crippen LogP contribution in [-0.4, -0.2) is 27.3 Å². The number of nitrogens with zero attached hydrogens (tertiary/aromatic N) is 2. The molecule has 0 saturated heterocycles. The largest absolute Gasteiger partial charge is 0.396 e. The van der Waals surface area contributed by atoms with Gasteiger partial charge in [0.25, 0.3) is 0 Å². The van der Waals surface area contributed by atoms with Crippen molar-refractivity contribution in [2.45, 2.75) is 39.8 Å². The Bertz CT molecular complexity index is 269. The highest BCUT2D eigenvalue weighted by molar-refractivity contribution is 7.03. The van der Waals surface area contributed by atoms with E-state index in [1.165, 1.54) is 11.5 Å². The quantitative estimate of drug-likeness (QED) is 0.802. The number of aliphatic hydroxyl groups excluding tert-OH is 1. The molecule has 0 saturated carbocycles. The van der Waals surface area contributed by atoms with Gasteiger partial charge in [0.15, 0.2) is 0 Å². The van der Waals surface area contributed by atoms with Crippen LogP contribution in [0.4, 0.5) is 0 Å². The van der Waals surface area contributed by atoms with E-state index < -0.39 is 0 Å². The molecule has 0 bridgehead atoms. The number of aromatic nitrogens is 2. The molecule has 1 heterocycles. The van der Waals surface area contributed by atoms with Gasteiger partial charge in [0.2, 0.25) is 0 Å². The van der Waals surface area contributed by atoms with Gasteiger partial charge >= 0.3 is 0 Å². The molecule has 15 heavy (non-hydrogen) atoms. The van der Waals surface area contributed by atoms with Gasteiger partial charge in [-0.25, -0.2) is 0 Å². The molecule has 1 rings (SSSR count). The van der Waals surface area contributed by atoms with Gasteiger partial charge < -0.3 is 10.4 Å². The van der Waals surface area contributed by atoms with Crippen molar-refractivity contribution in [2.75, 3.05) is 6.61 Å². The highest BCUT2D eigenvalue weighted by Gasteiger charge is 2.23. The smallest absolute Gasteiger partial charge is 0.0893 e. The lowest BCUT2D eigenvalue weighted by Crippen LogP contribution is -2.40. The fourth-order valence-electron chi connectivity index (χ4n) is 1.46. The number of nitrogens with one attached hydrogen (secondary N) is 1. The summed E-state index contributed by atoms with van der Waals surface area (Å²) in [5, 5.41) is 18.3. The molecule has 4 nitrogen and oxygen atoms in total. The molecule has 1 aromatic rings. The molecule has 0 aliphatic carbocycles. The standard InChI is InChI=1S/C10H19N3OS/c1-10(2,3)9(4-5-14)11-6-8-7-15-13-12-8/h7,9,11,14H,4-6H2,1-3H3. The minimum atomic E-state index is 0.145. The van der Waals surface area contributed by atoms with Crippen LogP contribution in [0, 0.1) is 5.41 Å². The lowest BCUT2D eigenvalue weighted by molar-refractivity contribution is 0.196. The predicted octanol–water partition coefficient (Wildman–Crippen LogP) is 1.42. The maximum Gasteiger partial charge on any atom is 0.0893 e. The van der Waals surface area contributed by atoms with Crippen LogP contribution in [0.25, 0.3) is 0 Å². The summed E-state index contributed by atoms with van der Waals surface area (Å²) in [5.74, 6) is 0. The second kappa shape index (κ2) is 5.53. The highest BCUT2D eigenvalue weighted by atomic mass is 32.1. The summed E-state index contributed by atoms with van der Waals surface area (Å²) >= 11 is 1.36. The Morgan fingerprint density at radius 2 is 2.27 bits per heavy atom. The Labute approximate surface area is 94.9 Å². The van der Waals surface area contributed by atoms with E-state index in [9.17, 15) is 0 Å². The number of rotatable bonds is 5. The second-order valence-corrected chi connectivity index (χ2v) is 5.32. The Kier molecular flexibility index (Phi) is 4.63. The molecule has 1 atom stereocenters. The minimum Gasteiger partial charge on any atom is -0.396 e. The van der Waals surface area contributed by atoms with Crippen LogP contribution in [0.15, 0.2) is 5.38 Å². The third kappa shape index (κ3) is 4.24. The van der Waals surface area contributed by atoms with E-state index in [-0.39, 0.29) is 12.0 Å². The zero-order valence-electron chi connectivity index (χ0n) is 9.53. The fourth-order valence-corrected chi connectivity index (χ4v) is 1.91. The van der Waals surface area contributed by atoms with Crippen molar-refractivity contribution in [3.8, 4) is 0 Å². The van der Waals surface area contributed by atoms with Crippen molar-refractivity contribution < 1.29 is 5.11 Å². The first kappa shape index (κ1) is 12.5. The van der Waals surface area contributed by atoms with Crippen LogP contribution in [0.2, 0.25) is 0 Å². The second-order valence-electron chi connectivity index (χ2n) is 4.71. The number of aliphatic hydroxyl groups is 1. The van der Waals surface area contributed by atoms with Gasteiger partial charge in [-0.05, 0) is 23.4 Å². The average molecular weight is 229 g/mol. The summed E-state index contributed by atoms with van der Waals surface area (Å²) in [5.41, 5.74) is 1.11. The molecular weight excluding hydrogens is 210 g/mol. The molecule has 1 unspecified atom stereocenters. The topological polar surface area (TPSA) is 58.0 Å². The van der Waals surface area contributed by atoms with Gasteiger partial charge in [0, 0.05) is 24.6 Å². The van der Waals surface area contributed by atoms with Crippen molar-refractivity contribution >= 4 is 11.5 Å². The molecule has 2 N–H and O–H groups in total. The Hall–Kier alpha value is -0.520. The summed E-state index contributed by atoms with van der Waals surface area (Å²) in [6, 6.07) is 0.296. The molecule has 0 aliphatic heterocycles.